The maximum Gasteiger partial charge on any atom is 0.258 e. The van der Waals surface area contributed by atoms with Crippen molar-refractivity contribution in [3.8, 4) is 0 Å². The Hall–Kier alpha value is -2.49. The van der Waals surface area contributed by atoms with Crippen LogP contribution in [0.4, 0.5) is 10.1 Å². The first-order valence-electron chi connectivity index (χ1n) is 5.73. The van der Waals surface area contributed by atoms with Crippen LogP contribution < -0.4 is 5.32 Å². The average molecular weight is 257 g/mol. The standard InChI is InChI=1S/C15H12FNO2/c1-10-5-6-13(14(16)7-10)15(19)17-12-4-2-3-11(8-12)9-18/h2-9H,1H3,(H,17,19). The Balaban J connectivity index is 2.22. The van der Waals surface area contributed by atoms with Crippen LogP contribution in [0.3, 0.4) is 0 Å². The third kappa shape index (κ3) is 3.04. The number of rotatable bonds is 3. The van der Waals surface area contributed by atoms with Gasteiger partial charge in [-0.2, -0.15) is 0 Å². The molecule has 0 aliphatic rings. The highest BCUT2D eigenvalue weighted by Gasteiger charge is 2.11. The smallest absolute Gasteiger partial charge is 0.258 e. The molecule has 2 aromatic carbocycles. The van der Waals surface area contributed by atoms with Crippen LogP contribution in [-0.2, 0) is 0 Å². The summed E-state index contributed by atoms with van der Waals surface area (Å²) in [6.45, 7) is 1.75. The summed E-state index contributed by atoms with van der Waals surface area (Å²) in [4.78, 5) is 22.5. The number of hydrogen-bond donors (Lipinski definition) is 1. The molecule has 0 aliphatic carbocycles. The maximum atomic E-state index is 13.6. The molecule has 0 heterocycles. The zero-order valence-electron chi connectivity index (χ0n) is 10.3. The number of amides is 1. The minimum Gasteiger partial charge on any atom is -0.322 e. The van der Waals surface area contributed by atoms with Gasteiger partial charge in [0.05, 0.1) is 5.56 Å². The number of aldehydes is 1. The molecule has 3 nitrogen and oxygen atoms in total. The van der Waals surface area contributed by atoms with Gasteiger partial charge >= 0.3 is 0 Å². The fourth-order valence-corrected chi connectivity index (χ4v) is 1.69. The van der Waals surface area contributed by atoms with Crippen molar-refractivity contribution >= 4 is 17.9 Å². The van der Waals surface area contributed by atoms with Gasteiger partial charge in [0.1, 0.15) is 12.1 Å². The van der Waals surface area contributed by atoms with Crippen molar-refractivity contribution in [2.45, 2.75) is 6.92 Å². The highest BCUT2D eigenvalue weighted by molar-refractivity contribution is 6.04. The first-order chi connectivity index (χ1) is 9.10. The van der Waals surface area contributed by atoms with Gasteiger partial charge in [-0.25, -0.2) is 4.39 Å². The second kappa shape index (κ2) is 5.44. The largest absolute Gasteiger partial charge is 0.322 e. The lowest BCUT2D eigenvalue weighted by Gasteiger charge is -2.07. The third-order valence-corrected chi connectivity index (χ3v) is 2.65. The quantitative estimate of drug-likeness (QED) is 0.858. The van der Waals surface area contributed by atoms with E-state index in [2.05, 4.69) is 5.32 Å². The fraction of sp³-hybridized carbons (Fsp3) is 0.0667. The van der Waals surface area contributed by atoms with Crippen molar-refractivity contribution in [1.29, 1.82) is 0 Å². The van der Waals surface area contributed by atoms with Crippen molar-refractivity contribution in [3.63, 3.8) is 0 Å². The van der Waals surface area contributed by atoms with Crippen LogP contribution in [0.1, 0.15) is 26.3 Å². The zero-order valence-corrected chi connectivity index (χ0v) is 10.3. The molecule has 1 N–H and O–H groups in total. The van der Waals surface area contributed by atoms with Gasteiger partial charge in [-0.15, -0.1) is 0 Å². The van der Waals surface area contributed by atoms with Crippen LogP contribution >= 0.6 is 0 Å². The number of carbonyl (C=O) groups is 2. The van der Waals surface area contributed by atoms with Crippen LogP contribution in [0.5, 0.6) is 0 Å². The van der Waals surface area contributed by atoms with Crippen LogP contribution in [0.25, 0.3) is 0 Å². The van der Waals surface area contributed by atoms with Crippen LogP contribution in [0, 0.1) is 12.7 Å². The number of hydrogen-bond acceptors (Lipinski definition) is 2. The van der Waals surface area contributed by atoms with Gasteiger partial charge in [0.15, 0.2) is 0 Å². The molecule has 0 aromatic heterocycles. The maximum absolute atomic E-state index is 13.6. The first kappa shape index (κ1) is 13.0. The second-order valence-corrected chi connectivity index (χ2v) is 4.18. The lowest BCUT2D eigenvalue weighted by Crippen LogP contribution is -2.13. The Morgan fingerprint density at radius 2 is 2.00 bits per heavy atom. The van der Waals surface area contributed by atoms with Crippen molar-refractivity contribution in [2.24, 2.45) is 0 Å². The van der Waals surface area contributed by atoms with E-state index in [-0.39, 0.29) is 5.56 Å². The molecule has 0 bridgehead atoms. The molecule has 0 radical (unpaired) electrons. The van der Waals surface area contributed by atoms with Crippen LogP contribution in [0.2, 0.25) is 0 Å². The van der Waals surface area contributed by atoms with E-state index in [9.17, 15) is 14.0 Å². The molecule has 2 rings (SSSR count). The molecule has 2 aromatic rings. The summed E-state index contributed by atoms with van der Waals surface area (Å²) in [7, 11) is 0. The molecule has 0 saturated carbocycles. The van der Waals surface area contributed by atoms with Gasteiger partial charge in [-0.3, -0.25) is 9.59 Å². The molecule has 0 saturated heterocycles. The first-order valence-corrected chi connectivity index (χ1v) is 5.73. The van der Waals surface area contributed by atoms with Crippen molar-refractivity contribution in [3.05, 3.63) is 65.0 Å². The van der Waals surface area contributed by atoms with E-state index in [0.717, 1.165) is 5.56 Å². The molecular weight excluding hydrogens is 245 g/mol. The minimum absolute atomic E-state index is 0.0258. The van der Waals surface area contributed by atoms with Crippen LogP contribution in [0.15, 0.2) is 42.5 Å². The summed E-state index contributed by atoms with van der Waals surface area (Å²) in [6.07, 6.45) is 0.683. The summed E-state index contributed by atoms with van der Waals surface area (Å²) in [5.41, 5.74) is 1.62. The number of anilines is 1. The predicted molar refractivity (Wildman–Crippen MR) is 70.9 cm³/mol. The Morgan fingerprint density at radius 1 is 1.21 bits per heavy atom. The summed E-state index contributed by atoms with van der Waals surface area (Å²) in [5.74, 6) is -1.11. The second-order valence-electron chi connectivity index (χ2n) is 4.18. The summed E-state index contributed by atoms with van der Waals surface area (Å²) in [5, 5.41) is 2.56. The lowest BCUT2D eigenvalue weighted by atomic mass is 10.1. The van der Waals surface area contributed by atoms with E-state index in [1.807, 2.05) is 0 Å². The van der Waals surface area contributed by atoms with E-state index < -0.39 is 11.7 Å². The van der Waals surface area contributed by atoms with E-state index in [1.54, 1.807) is 31.2 Å². The average Bonchev–Trinajstić information content (AvgIpc) is 2.38. The number of carbonyl (C=O) groups excluding carboxylic acids is 2. The molecule has 0 unspecified atom stereocenters. The molecule has 96 valence electrons. The van der Waals surface area contributed by atoms with Gasteiger partial charge in [0, 0.05) is 11.3 Å². The molecule has 4 heteroatoms. The van der Waals surface area contributed by atoms with Crippen molar-refractivity contribution in [2.75, 3.05) is 5.32 Å². The van der Waals surface area contributed by atoms with Gasteiger partial charge in [-0.1, -0.05) is 18.2 Å². The summed E-state index contributed by atoms with van der Waals surface area (Å²) in [6, 6.07) is 10.8. The molecule has 0 aliphatic heterocycles. The normalized spacial score (nSPS) is 10.0. The number of benzene rings is 2. The Kier molecular flexibility index (Phi) is 3.71. The SMILES string of the molecule is Cc1ccc(C(=O)Nc2cccc(C=O)c2)c(F)c1. The van der Waals surface area contributed by atoms with Gasteiger partial charge in [0.2, 0.25) is 0 Å². The van der Waals surface area contributed by atoms with E-state index >= 15 is 0 Å². The number of nitrogens with one attached hydrogen (secondary N) is 1. The van der Waals surface area contributed by atoms with E-state index in [1.165, 1.54) is 18.2 Å². The molecule has 1 amide bonds. The Bertz CT molecular complexity index is 638. The van der Waals surface area contributed by atoms with Gasteiger partial charge < -0.3 is 5.32 Å². The highest BCUT2D eigenvalue weighted by atomic mass is 19.1. The zero-order chi connectivity index (χ0) is 13.8. The van der Waals surface area contributed by atoms with E-state index in [0.29, 0.717) is 17.5 Å². The third-order valence-electron chi connectivity index (χ3n) is 2.65. The van der Waals surface area contributed by atoms with Crippen LogP contribution in [-0.4, -0.2) is 12.2 Å². The Labute approximate surface area is 110 Å². The molecule has 19 heavy (non-hydrogen) atoms. The van der Waals surface area contributed by atoms with Crippen molar-refractivity contribution in [1.82, 2.24) is 0 Å². The van der Waals surface area contributed by atoms with Crippen molar-refractivity contribution < 1.29 is 14.0 Å². The van der Waals surface area contributed by atoms with Gasteiger partial charge in [-0.05, 0) is 36.8 Å². The van der Waals surface area contributed by atoms with E-state index in [4.69, 9.17) is 0 Å². The summed E-state index contributed by atoms with van der Waals surface area (Å²) < 4.78 is 13.6. The lowest BCUT2D eigenvalue weighted by molar-refractivity contribution is 0.102. The minimum atomic E-state index is -0.566. The number of halogens is 1. The molecule has 0 spiro atoms. The number of aryl methyl sites for hydroxylation is 1. The highest BCUT2D eigenvalue weighted by Crippen LogP contribution is 2.14. The topological polar surface area (TPSA) is 46.2 Å². The molecule has 0 atom stereocenters. The van der Waals surface area contributed by atoms with Gasteiger partial charge in [0.25, 0.3) is 5.91 Å². The predicted octanol–water partition coefficient (Wildman–Crippen LogP) is 3.20. The monoisotopic (exact) mass is 257 g/mol. The Morgan fingerprint density at radius 3 is 2.68 bits per heavy atom. The molecule has 0 fully saturated rings. The fourth-order valence-electron chi connectivity index (χ4n) is 1.69. The summed E-state index contributed by atoms with van der Waals surface area (Å²) >= 11 is 0. The molecular formula is C15H12FNO2.